The third-order valence-corrected chi connectivity index (χ3v) is 3.53. The molecule has 3 unspecified atom stereocenters. The van der Waals surface area contributed by atoms with Gasteiger partial charge in [0.25, 0.3) is 0 Å². The molecule has 2 nitrogen and oxygen atoms in total. The fourth-order valence-corrected chi connectivity index (χ4v) is 2.48. The van der Waals surface area contributed by atoms with Gasteiger partial charge in [-0.1, -0.05) is 20.3 Å². The number of aliphatic hydroxyl groups excluding tert-OH is 1. The van der Waals surface area contributed by atoms with Crippen LogP contribution < -0.4 is 0 Å². The summed E-state index contributed by atoms with van der Waals surface area (Å²) in [7, 11) is 0. The van der Waals surface area contributed by atoms with Crippen LogP contribution in [-0.4, -0.2) is 17.5 Å². The van der Waals surface area contributed by atoms with Gasteiger partial charge < -0.3 is 9.90 Å². The van der Waals surface area contributed by atoms with Gasteiger partial charge in [-0.05, 0) is 43.9 Å². The highest BCUT2D eigenvalue weighted by Crippen LogP contribution is 2.31. The lowest BCUT2D eigenvalue weighted by Gasteiger charge is -2.30. The minimum absolute atomic E-state index is 0.185. The van der Waals surface area contributed by atoms with Gasteiger partial charge >= 0.3 is 0 Å². The quantitative estimate of drug-likeness (QED) is 0.711. The highest BCUT2D eigenvalue weighted by Gasteiger charge is 2.26. The van der Waals surface area contributed by atoms with Gasteiger partial charge in [-0.25, -0.2) is 0 Å². The molecule has 2 heteroatoms. The summed E-state index contributed by atoms with van der Waals surface area (Å²) >= 11 is 0. The lowest BCUT2D eigenvalue weighted by molar-refractivity contribution is -0.112. The molecule has 0 aromatic heterocycles. The highest BCUT2D eigenvalue weighted by atomic mass is 16.3. The fourth-order valence-electron chi connectivity index (χ4n) is 2.48. The topological polar surface area (TPSA) is 37.3 Å². The first-order valence-corrected chi connectivity index (χ1v) is 6.26. The van der Waals surface area contributed by atoms with Gasteiger partial charge in [0.15, 0.2) is 0 Å². The number of carbonyl (C=O) groups is 1. The summed E-state index contributed by atoms with van der Waals surface area (Å²) in [5, 5.41) is 10.0. The molecule has 0 spiro atoms. The van der Waals surface area contributed by atoms with Crippen LogP contribution in [0, 0.1) is 17.8 Å². The highest BCUT2D eigenvalue weighted by molar-refractivity contribution is 5.53. The molecule has 1 aliphatic carbocycles. The molecular weight excluding hydrogens is 188 g/mol. The van der Waals surface area contributed by atoms with Crippen LogP contribution in [0.1, 0.15) is 52.4 Å². The van der Waals surface area contributed by atoms with E-state index in [-0.39, 0.29) is 12.0 Å². The van der Waals surface area contributed by atoms with Crippen molar-refractivity contribution in [2.24, 2.45) is 17.8 Å². The van der Waals surface area contributed by atoms with Gasteiger partial charge in [0.05, 0.1) is 6.10 Å². The number of hydrogen-bond acceptors (Lipinski definition) is 2. The molecule has 0 bridgehead atoms. The summed E-state index contributed by atoms with van der Waals surface area (Å²) < 4.78 is 0. The first-order chi connectivity index (χ1) is 7.13. The molecule has 0 aromatic rings. The van der Waals surface area contributed by atoms with Crippen LogP contribution in [0.15, 0.2) is 0 Å². The van der Waals surface area contributed by atoms with Crippen LogP contribution in [-0.2, 0) is 4.79 Å². The van der Waals surface area contributed by atoms with E-state index in [4.69, 9.17) is 0 Å². The molecule has 0 radical (unpaired) electrons. The smallest absolute Gasteiger partial charge is 0.123 e. The van der Waals surface area contributed by atoms with Crippen molar-refractivity contribution in [3.8, 4) is 0 Å². The van der Waals surface area contributed by atoms with Crippen LogP contribution in [0.25, 0.3) is 0 Å². The monoisotopic (exact) mass is 212 g/mol. The molecule has 1 fully saturated rings. The lowest BCUT2D eigenvalue weighted by Crippen LogP contribution is -2.27. The normalized spacial score (nSPS) is 29.1. The van der Waals surface area contributed by atoms with Crippen molar-refractivity contribution in [3.05, 3.63) is 0 Å². The Bertz CT molecular complexity index is 189. The molecule has 3 atom stereocenters. The molecule has 1 rings (SSSR count). The molecule has 0 saturated heterocycles. The molecule has 1 saturated carbocycles. The van der Waals surface area contributed by atoms with Crippen LogP contribution in [0.3, 0.4) is 0 Å². The van der Waals surface area contributed by atoms with Crippen LogP contribution in [0.2, 0.25) is 0 Å². The Morgan fingerprint density at radius 2 is 2.07 bits per heavy atom. The van der Waals surface area contributed by atoms with E-state index in [9.17, 15) is 9.90 Å². The minimum atomic E-state index is -0.185. The van der Waals surface area contributed by atoms with E-state index in [0.29, 0.717) is 11.8 Å². The Morgan fingerprint density at radius 1 is 1.33 bits per heavy atom. The molecule has 88 valence electrons. The standard InChI is InChI=1S/C13H24O2/c1-10(2)6-7-13(15)12-5-3-4-11(8-12)9-14/h9-13,15H,3-8H2,1-2H3. The lowest BCUT2D eigenvalue weighted by atomic mass is 9.78. The number of carbonyl (C=O) groups excluding carboxylic acids is 1. The number of rotatable bonds is 5. The van der Waals surface area contributed by atoms with Crippen LogP contribution >= 0.6 is 0 Å². The maximum Gasteiger partial charge on any atom is 0.123 e. The van der Waals surface area contributed by atoms with Crippen molar-refractivity contribution < 1.29 is 9.90 Å². The Balaban J connectivity index is 2.31. The molecule has 1 aliphatic rings. The second-order valence-electron chi connectivity index (χ2n) is 5.36. The zero-order valence-electron chi connectivity index (χ0n) is 9.98. The SMILES string of the molecule is CC(C)CCC(O)C1CCCC(C=O)C1. The molecule has 15 heavy (non-hydrogen) atoms. The second kappa shape index (κ2) is 6.26. The Labute approximate surface area is 93.1 Å². The van der Waals surface area contributed by atoms with E-state index >= 15 is 0 Å². The van der Waals surface area contributed by atoms with Crippen molar-refractivity contribution in [2.75, 3.05) is 0 Å². The maximum absolute atomic E-state index is 10.7. The molecule has 0 aliphatic heterocycles. The second-order valence-corrected chi connectivity index (χ2v) is 5.36. The largest absolute Gasteiger partial charge is 0.393 e. The zero-order chi connectivity index (χ0) is 11.3. The first-order valence-electron chi connectivity index (χ1n) is 6.26. The average molecular weight is 212 g/mol. The van der Waals surface area contributed by atoms with Gasteiger partial charge in [0.1, 0.15) is 6.29 Å². The summed E-state index contributed by atoms with van der Waals surface area (Å²) in [6.45, 7) is 4.36. The molecule has 0 amide bonds. The third-order valence-electron chi connectivity index (χ3n) is 3.53. The average Bonchev–Trinajstić information content (AvgIpc) is 2.26. The van der Waals surface area contributed by atoms with Crippen molar-refractivity contribution in [1.29, 1.82) is 0 Å². The summed E-state index contributed by atoms with van der Waals surface area (Å²) in [5.74, 6) is 1.23. The van der Waals surface area contributed by atoms with Crippen LogP contribution in [0.5, 0.6) is 0 Å². The summed E-state index contributed by atoms with van der Waals surface area (Å²) in [4.78, 5) is 10.7. The van der Waals surface area contributed by atoms with Crippen molar-refractivity contribution >= 4 is 6.29 Å². The molecular formula is C13H24O2. The Kier molecular flexibility index (Phi) is 5.30. The molecule has 0 aromatic carbocycles. The van der Waals surface area contributed by atoms with E-state index in [1.165, 1.54) is 0 Å². The third kappa shape index (κ3) is 4.33. The summed E-state index contributed by atoms with van der Waals surface area (Å²) in [5.41, 5.74) is 0. The Morgan fingerprint density at radius 3 is 2.67 bits per heavy atom. The van der Waals surface area contributed by atoms with E-state index < -0.39 is 0 Å². The summed E-state index contributed by atoms with van der Waals surface area (Å²) in [6, 6.07) is 0. The zero-order valence-corrected chi connectivity index (χ0v) is 9.98. The predicted molar refractivity (Wildman–Crippen MR) is 61.6 cm³/mol. The van der Waals surface area contributed by atoms with Crippen LogP contribution in [0.4, 0.5) is 0 Å². The van der Waals surface area contributed by atoms with Gasteiger partial charge in [0, 0.05) is 5.92 Å². The van der Waals surface area contributed by atoms with Gasteiger partial charge in [0.2, 0.25) is 0 Å². The van der Waals surface area contributed by atoms with E-state index in [1.807, 2.05) is 0 Å². The number of hydrogen-bond donors (Lipinski definition) is 1. The maximum atomic E-state index is 10.7. The minimum Gasteiger partial charge on any atom is -0.393 e. The number of aliphatic hydroxyl groups is 1. The predicted octanol–water partition coefficient (Wildman–Crippen LogP) is 2.79. The van der Waals surface area contributed by atoms with Crippen molar-refractivity contribution in [1.82, 2.24) is 0 Å². The van der Waals surface area contributed by atoms with E-state index in [2.05, 4.69) is 13.8 Å². The number of aldehydes is 1. The van der Waals surface area contributed by atoms with Gasteiger partial charge in [-0.2, -0.15) is 0 Å². The Hall–Kier alpha value is -0.370. The van der Waals surface area contributed by atoms with E-state index in [1.54, 1.807) is 0 Å². The van der Waals surface area contributed by atoms with Gasteiger partial charge in [-0.15, -0.1) is 0 Å². The van der Waals surface area contributed by atoms with Crippen molar-refractivity contribution in [2.45, 2.75) is 58.5 Å². The summed E-state index contributed by atoms with van der Waals surface area (Å²) in [6.07, 6.45) is 7.00. The van der Waals surface area contributed by atoms with Crippen molar-refractivity contribution in [3.63, 3.8) is 0 Å². The van der Waals surface area contributed by atoms with Gasteiger partial charge in [-0.3, -0.25) is 0 Å². The fraction of sp³-hybridized carbons (Fsp3) is 0.923. The molecule has 0 heterocycles. The first kappa shape index (κ1) is 12.7. The van der Waals surface area contributed by atoms with E-state index in [0.717, 1.165) is 44.8 Å². The molecule has 1 N–H and O–H groups in total.